The van der Waals surface area contributed by atoms with Crippen LogP contribution in [0.15, 0.2) is 30.6 Å². The number of nitrogens with two attached hydrogens (primary N) is 1. The van der Waals surface area contributed by atoms with Crippen molar-refractivity contribution in [3.05, 3.63) is 41.7 Å². The molecule has 20 heavy (non-hydrogen) atoms. The summed E-state index contributed by atoms with van der Waals surface area (Å²) < 4.78 is 2.03. The van der Waals surface area contributed by atoms with Crippen LogP contribution in [0.3, 0.4) is 0 Å². The molecule has 0 radical (unpaired) electrons. The molecule has 1 saturated heterocycles. The summed E-state index contributed by atoms with van der Waals surface area (Å²) in [4.78, 5) is 2.41. The summed E-state index contributed by atoms with van der Waals surface area (Å²) in [7, 11) is 0. The molecule has 3 heterocycles. The van der Waals surface area contributed by atoms with Crippen LogP contribution in [0.4, 0.5) is 0 Å². The molecule has 0 aliphatic carbocycles. The van der Waals surface area contributed by atoms with Crippen LogP contribution in [0.1, 0.15) is 24.5 Å². The van der Waals surface area contributed by atoms with E-state index in [1.54, 1.807) is 0 Å². The number of hydrogen-bond donors (Lipinski definition) is 1. The zero-order chi connectivity index (χ0) is 14.1. The van der Waals surface area contributed by atoms with Gasteiger partial charge in [-0.25, -0.2) is 0 Å². The molecule has 104 valence electrons. The Labute approximate surface area is 119 Å². The molecule has 0 amide bonds. The van der Waals surface area contributed by atoms with Crippen LogP contribution >= 0.6 is 0 Å². The number of rotatable bonds is 2. The Hall–Kier alpha value is -1.83. The van der Waals surface area contributed by atoms with E-state index in [2.05, 4.69) is 24.1 Å². The van der Waals surface area contributed by atoms with Crippen molar-refractivity contribution < 1.29 is 0 Å². The first-order chi connectivity index (χ1) is 9.69. The van der Waals surface area contributed by atoms with Gasteiger partial charge in [0.05, 0.1) is 11.1 Å². The van der Waals surface area contributed by atoms with E-state index in [4.69, 9.17) is 5.73 Å². The van der Waals surface area contributed by atoms with E-state index in [1.807, 2.05) is 28.8 Å². The molecule has 2 N–H and O–H groups in total. The first-order valence-corrected chi connectivity index (χ1v) is 7.15. The van der Waals surface area contributed by atoms with Gasteiger partial charge in [0.1, 0.15) is 6.07 Å². The first kappa shape index (κ1) is 13.2. The maximum absolute atomic E-state index is 9.43. The van der Waals surface area contributed by atoms with Crippen molar-refractivity contribution in [2.75, 3.05) is 13.1 Å². The van der Waals surface area contributed by atoms with E-state index in [0.29, 0.717) is 12.0 Å². The SMILES string of the molecule is CC1CN(Cc2cn3ccccc3c2C#N)CCC1N. The first-order valence-electron chi connectivity index (χ1n) is 7.15. The quantitative estimate of drug-likeness (QED) is 0.906. The summed E-state index contributed by atoms with van der Waals surface area (Å²) in [6.07, 6.45) is 5.11. The third-order valence-corrected chi connectivity index (χ3v) is 4.32. The van der Waals surface area contributed by atoms with E-state index < -0.39 is 0 Å². The zero-order valence-electron chi connectivity index (χ0n) is 11.8. The number of nitriles is 1. The van der Waals surface area contributed by atoms with Crippen molar-refractivity contribution in [1.82, 2.24) is 9.30 Å². The summed E-state index contributed by atoms with van der Waals surface area (Å²) in [5.41, 5.74) is 8.97. The lowest BCUT2D eigenvalue weighted by Gasteiger charge is -2.34. The molecule has 0 bridgehead atoms. The minimum atomic E-state index is 0.315. The van der Waals surface area contributed by atoms with Gasteiger partial charge in [-0.1, -0.05) is 13.0 Å². The molecular weight excluding hydrogens is 248 g/mol. The van der Waals surface area contributed by atoms with E-state index in [-0.39, 0.29) is 0 Å². The van der Waals surface area contributed by atoms with E-state index in [0.717, 1.165) is 42.7 Å². The highest BCUT2D eigenvalue weighted by molar-refractivity contribution is 5.65. The fraction of sp³-hybridized carbons (Fsp3) is 0.438. The number of piperidine rings is 1. The van der Waals surface area contributed by atoms with Crippen LogP contribution in [0, 0.1) is 17.2 Å². The Bertz CT molecular complexity index is 652. The minimum Gasteiger partial charge on any atom is -0.327 e. The summed E-state index contributed by atoms with van der Waals surface area (Å²) in [5.74, 6) is 0.520. The minimum absolute atomic E-state index is 0.315. The monoisotopic (exact) mass is 268 g/mol. The molecule has 1 fully saturated rings. The van der Waals surface area contributed by atoms with Crippen molar-refractivity contribution in [3.8, 4) is 6.07 Å². The Morgan fingerprint density at radius 1 is 1.45 bits per heavy atom. The third-order valence-electron chi connectivity index (χ3n) is 4.32. The lowest BCUT2D eigenvalue weighted by molar-refractivity contribution is 0.158. The number of likely N-dealkylation sites (tertiary alicyclic amines) is 1. The average molecular weight is 268 g/mol. The highest BCUT2D eigenvalue weighted by Crippen LogP contribution is 2.22. The fourth-order valence-corrected chi connectivity index (χ4v) is 3.06. The highest BCUT2D eigenvalue weighted by atomic mass is 15.1. The lowest BCUT2D eigenvalue weighted by atomic mass is 9.94. The zero-order valence-corrected chi connectivity index (χ0v) is 11.8. The van der Waals surface area contributed by atoms with Gasteiger partial charge in [-0.15, -0.1) is 0 Å². The van der Waals surface area contributed by atoms with Crippen molar-refractivity contribution in [2.24, 2.45) is 11.7 Å². The van der Waals surface area contributed by atoms with Gasteiger partial charge in [-0.05, 0) is 31.0 Å². The Morgan fingerprint density at radius 2 is 2.30 bits per heavy atom. The summed E-state index contributed by atoms with van der Waals surface area (Å²) >= 11 is 0. The molecule has 1 aliphatic heterocycles. The van der Waals surface area contributed by atoms with Crippen molar-refractivity contribution in [1.29, 1.82) is 5.26 Å². The Morgan fingerprint density at radius 3 is 3.05 bits per heavy atom. The molecule has 4 nitrogen and oxygen atoms in total. The highest BCUT2D eigenvalue weighted by Gasteiger charge is 2.24. The van der Waals surface area contributed by atoms with E-state index in [1.165, 1.54) is 0 Å². The predicted octanol–water partition coefficient (Wildman–Crippen LogP) is 1.98. The molecular formula is C16H20N4. The Balaban J connectivity index is 1.86. The van der Waals surface area contributed by atoms with Crippen LogP contribution in [0.25, 0.3) is 5.52 Å². The number of hydrogen-bond acceptors (Lipinski definition) is 3. The van der Waals surface area contributed by atoms with Crippen LogP contribution in [-0.4, -0.2) is 28.4 Å². The van der Waals surface area contributed by atoms with Crippen LogP contribution < -0.4 is 5.73 Å². The normalized spacial score (nSPS) is 23.9. The molecule has 0 spiro atoms. The maximum atomic E-state index is 9.43. The second-order valence-electron chi connectivity index (χ2n) is 5.80. The standard InChI is InChI=1S/C16H20N4/c1-12-9-19(7-5-15(12)18)10-13-11-20-6-3-2-4-16(20)14(13)8-17/h2-4,6,11-12,15H,5,7,9-10,18H2,1H3. The molecule has 3 rings (SSSR count). The van der Waals surface area contributed by atoms with Crippen LogP contribution in [0.2, 0.25) is 0 Å². The molecule has 0 aromatic carbocycles. The maximum Gasteiger partial charge on any atom is 0.102 e. The van der Waals surface area contributed by atoms with Gasteiger partial charge in [-0.3, -0.25) is 4.90 Å². The second kappa shape index (κ2) is 5.28. The number of fused-ring (bicyclic) bond motifs is 1. The van der Waals surface area contributed by atoms with Crippen molar-refractivity contribution in [2.45, 2.75) is 25.9 Å². The van der Waals surface area contributed by atoms with Gasteiger partial charge in [0, 0.05) is 37.1 Å². The smallest absolute Gasteiger partial charge is 0.102 e. The van der Waals surface area contributed by atoms with Gasteiger partial charge in [0.15, 0.2) is 0 Å². The fourth-order valence-electron chi connectivity index (χ4n) is 3.06. The predicted molar refractivity (Wildman–Crippen MR) is 79.1 cm³/mol. The topological polar surface area (TPSA) is 57.5 Å². The van der Waals surface area contributed by atoms with Gasteiger partial charge < -0.3 is 10.1 Å². The number of nitrogens with zero attached hydrogens (tertiary/aromatic N) is 3. The van der Waals surface area contributed by atoms with E-state index in [9.17, 15) is 5.26 Å². The Kier molecular flexibility index (Phi) is 3.47. The van der Waals surface area contributed by atoms with Gasteiger partial charge in [0.25, 0.3) is 0 Å². The van der Waals surface area contributed by atoms with Crippen molar-refractivity contribution in [3.63, 3.8) is 0 Å². The second-order valence-corrected chi connectivity index (χ2v) is 5.80. The number of pyridine rings is 1. The number of aromatic nitrogens is 1. The molecule has 1 aliphatic rings. The third kappa shape index (κ3) is 2.31. The van der Waals surface area contributed by atoms with Gasteiger partial charge >= 0.3 is 0 Å². The lowest BCUT2D eigenvalue weighted by Crippen LogP contribution is -2.45. The molecule has 2 unspecified atom stereocenters. The summed E-state index contributed by atoms with van der Waals surface area (Å²) in [5, 5.41) is 9.43. The molecule has 2 aromatic heterocycles. The molecule has 2 atom stereocenters. The summed E-state index contributed by atoms with van der Waals surface area (Å²) in [6.45, 7) is 5.07. The largest absolute Gasteiger partial charge is 0.327 e. The molecule has 4 heteroatoms. The van der Waals surface area contributed by atoms with Crippen molar-refractivity contribution >= 4 is 5.52 Å². The van der Waals surface area contributed by atoms with Gasteiger partial charge in [-0.2, -0.15) is 5.26 Å². The average Bonchev–Trinajstić information content (AvgIpc) is 2.80. The van der Waals surface area contributed by atoms with Crippen LogP contribution in [-0.2, 0) is 6.54 Å². The molecule has 0 saturated carbocycles. The van der Waals surface area contributed by atoms with Crippen LogP contribution in [0.5, 0.6) is 0 Å². The molecule has 2 aromatic rings. The summed E-state index contributed by atoms with van der Waals surface area (Å²) in [6, 6.07) is 8.63. The van der Waals surface area contributed by atoms with Gasteiger partial charge in [0.2, 0.25) is 0 Å². The van der Waals surface area contributed by atoms with E-state index >= 15 is 0 Å².